The van der Waals surface area contributed by atoms with Gasteiger partial charge in [0.15, 0.2) is 5.96 Å². The minimum absolute atomic E-state index is 0. The van der Waals surface area contributed by atoms with E-state index in [1.54, 1.807) is 7.05 Å². The minimum atomic E-state index is -0.0617. The number of guanidine groups is 1. The molecule has 0 fully saturated rings. The second-order valence-corrected chi connectivity index (χ2v) is 6.25. The van der Waals surface area contributed by atoms with E-state index in [0.29, 0.717) is 6.54 Å². The maximum absolute atomic E-state index is 11.0. The number of rotatable bonds is 6. The molecule has 1 heterocycles. The molecule has 0 atom stereocenters. The van der Waals surface area contributed by atoms with Gasteiger partial charge in [-0.15, -0.1) is 24.0 Å². The van der Waals surface area contributed by atoms with E-state index >= 15 is 0 Å². The van der Waals surface area contributed by atoms with E-state index in [1.165, 1.54) is 18.1 Å². The highest BCUT2D eigenvalue weighted by atomic mass is 127. The van der Waals surface area contributed by atoms with Gasteiger partial charge in [0, 0.05) is 51.1 Å². The first-order chi connectivity index (χ1) is 12.4. The number of nitrogens with zero attached hydrogens (tertiary/aromatic N) is 3. The number of aryl methyl sites for hydroxylation is 2. The highest BCUT2D eigenvalue weighted by molar-refractivity contribution is 14.0. The van der Waals surface area contributed by atoms with Crippen LogP contribution in [0.1, 0.15) is 29.4 Å². The second-order valence-electron chi connectivity index (χ2n) is 6.25. The van der Waals surface area contributed by atoms with E-state index in [1.807, 2.05) is 42.9 Å². The molecule has 3 N–H and O–H groups in total. The lowest BCUT2D eigenvalue weighted by Gasteiger charge is -2.12. The Bertz CT molecular complexity index is 782. The first kappa shape index (κ1) is 22.9. The molecule has 0 saturated carbocycles. The van der Waals surface area contributed by atoms with Gasteiger partial charge in [-0.05, 0) is 38.0 Å². The number of benzene rings is 1. The highest BCUT2D eigenvalue weighted by Crippen LogP contribution is 2.11. The number of carbonyl (C=O) groups excluding carboxylic acids is 1. The van der Waals surface area contributed by atoms with Crippen molar-refractivity contribution in [1.29, 1.82) is 0 Å². The molecule has 7 nitrogen and oxygen atoms in total. The lowest BCUT2D eigenvalue weighted by atomic mass is 10.1. The number of hydrogen-bond donors (Lipinski definition) is 3. The van der Waals surface area contributed by atoms with Gasteiger partial charge in [-0.1, -0.05) is 12.1 Å². The quantitative estimate of drug-likeness (QED) is 0.335. The van der Waals surface area contributed by atoms with Crippen LogP contribution in [0.25, 0.3) is 0 Å². The Morgan fingerprint density at radius 2 is 1.85 bits per heavy atom. The van der Waals surface area contributed by atoms with Crippen LogP contribution in [-0.2, 0) is 24.8 Å². The Balaban J connectivity index is 0.00000364. The van der Waals surface area contributed by atoms with Crippen molar-refractivity contribution >= 4 is 41.5 Å². The van der Waals surface area contributed by atoms with Crippen molar-refractivity contribution in [1.82, 2.24) is 20.4 Å². The number of carbonyl (C=O) groups is 1. The van der Waals surface area contributed by atoms with Crippen LogP contribution in [0.3, 0.4) is 0 Å². The summed E-state index contributed by atoms with van der Waals surface area (Å²) in [5.41, 5.74) is 5.40. The van der Waals surface area contributed by atoms with Crippen molar-refractivity contribution in [2.24, 2.45) is 12.0 Å². The molecule has 0 unspecified atom stereocenters. The Morgan fingerprint density at radius 1 is 1.19 bits per heavy atom. The highest BCUT2D eigenvalue weighted by Gasteiger charge is 2.09. The maximum Gasteiger partial charge on any atom is 0.221 e. The molecule has 2 aromatic rings. The van der Waals surface area contributed by atoms with Crippen molar-refractivity contribution in [3.63, 3.8) is 0 Å². The van der Waals surface area contributed by atoms with Crippen LogP contribution in [0, 0.1) is 13.8 Å². The van der Waals surface area contributed by atoms with Crippen LogP contribution < -0.4 is 16.0 Å². The molecule has 148 valence electrons. The Labute approximate surface area is 178 Å². The number of aromatic nitrogens is 2. The van der Waals surface area contributed by atoms with E-state index in [4.69, 9.17) is 0 Å². The summed E-state index contributed by atoms with van der Waals surface area (Å²) in [6.45, 7) is 7.05. The maximum atomic E-state index is 11.0. The predicted molar refractivity (Wildman–Crippen MR) is 121 cm³/mol. The van der Waals surface area contributed by atoms with Gasteiger partial charge in [0.1, 0.15) is 0 Å². The molecule has 1 aromatic carbocycles. The topological polar surface area (TPSA) is 83.3 Å². The fourth-order valence-corrected chi connectivity index (χ4v) is 2.75. The van der Waals surface area contributed by atoms with Gasteiger partial charge in [0.25, 0.3) is 0 Å². The molecule has 1 amide bonds. The van der Waals surface area contributed by atoms with Gasteiger partial charge in [-0.2, -0.15) is 5.10 Å². The Morgan fingerprint density at radius 3 is 2.37 bits per heavy atom. The zero-order valence-electron chi connectivity index (χ0n) is 16.6. The lowest BCUT2D eigenvalue weighted by Crippen LogP contribution is -2.38. The minimum Gasteiger partial charge on any atom is -0.356 e. The third-order valence-corrected chi connectivity index (χ3v) is 4.30. The number of hydrogen-bond acceptors (Lipinski definition) is 3. The smallest absolute Gasteiger partial charge is 0.221 e. The number of nitrogens with one attached hydrogen (secondary N) is 3. The molecule has 1 aromatic heterocycles. The van der Waals surface area contributed by atoms with Crippen LogP contribution >= 0.6 is 24.0 Å². The molecule has 0 aliphatic heterocycles. The molecular weight excluding hydrogens is 455 g/mol. The van der Waals surface area contributed by atoms with E-state index in [2.05, 4.69) is 33.0 Å². The van der Waals surface area contributed by atoms with Crippen LogP contribution in [0.15, 0.2) is 29.3 Å². The van der Waals surface area contributed by atoms with Crippen LogP contribution in [0.4, 0.5) is 5.69 Å². The SMILES string of the molecule is CN=C(NCCc1ccc(NC(C)=O)cc1)NCc1c(C)nn(C)c1C.I. The summed E-state index contributed by atoms with van der Waals surface area (Å²) in [4.78, 5) is 15.3. The fourth-order valence-electron chi connectivity index (χ4n) is 2.75. The summed E-state index contributed by atoms with van der Waals surface area (Å²) in [6, 6.07) is 7.87. The molecular formula is C19H29IN6O. The van der Waals surface area contributed by atoms with Gasteiger partial charge >= 0.3 is 0 Å². The molecule has 27 heavy (non-hydrogen) atoms. The van der Waals surface area contributed by atoms with Gasteiger partial charge < -0.3 is 16.0 Å². The molecule has 0 aliphatic rings. The number of halogens is 1. The summed E-state index contributed by atoms with van der Waals surface area (Å²) in [5, 5.41) is 13.9. The molecule has 0 saturated heterocycles. The largest absolute Gasteiger partial charge is 0.356 e. The first-order valence-electron chi connectivity index (χ1n) is 8.70. The molecule has 8 heteroatoms. The zero-order valence-corrected chi connectivity index (χ0v) is 18.9. The number of aliphatic imine (C=N–C) groups is 1. The third kappa shape index (κ3) is 6.85. The first-order valence-corrected chi connectivity index (χ1v) is 8.70. The number of amides is 1. The average Bonchev–Trinajstić information content (AvgIpc) is 2.84. The van der Waals surface area contributed by atoms with Crippen molar-refractivity contribution in [2.75, 3.05) is 18.9 Å². The predicted octanol–water partition coefficient (Wildman–Crippen LogP) is 2.52. The fraction of sp³-hybridized carbons (Fsp3) is 0.421. The Hall–Kier alpha value is -2.10. The second kappa shape index (κ2) is 10.9. The van der Waals surface area contributed by atoms with Crippen LogP contribution in [0.5, 0.6) is 0 Å². The van der Waals surface area contributed by atoms with E-state index < -0.39 is 0 Å². The van der Waals surface area contributed by atoms with Crippen molar-refractivity contribution < 1.29 is 4.79 Å². The van der Waals surface area contributed by atoms with Gasteiger partial charge in [0.05, 0.1) is 5.69 Å². The van der Waals surface area contributed by atoms with Crippen molar-refractivity contribution in [3.8, 4) is 0 Å². The van der Waals surface area contributed by atoms with Gasteiger partial charge in [-0.25, -0.2) is 0 Å². The number of anilines is 1. The van der Waals surface area contributed by atoms with Crippen LogP contribution in [-0.4, -0.2) is 35.2 Å². The van der Waals surface area contributed by atoms with Crippen LogP contribution in [0.2, 0.25) is 0 Å². The van der Waals surface area contributed by atoms with Crippen molar-refractivity contribution in [2.45, 2.75) is 33.7 Å². The molecule has 2 rings (SSSR count). The van der Waals surface area contributed by atoms with E-state index in [0.717, 1.165) is 36.0 Å². The average molecular weight is 484 g/mol. The molecule has 0 bridgehead atoms. The summed E-state index contributed by atoms with van der Waals surface area (Å²) in [7, 11) is 3.72. The zero-order chi connectivity index (χ0) is 19.1. The standard InChI is InChI=1S/C19H28N6O.HI/c1-13-18(14(2)25(5)24-13)12-22-19(20-4)21-11-10-16-6-8-17(9-7-16)23-15(3)26;/h6-9H,10-12H2,1-5H3,(H,23,26)(H2,20,21,22);1H. The summed E-state index contributed by atoms with van der Waals surface area (Å²) in [6.07, 6.45) is 0.867. The van der Waals surface area contributed by atoms with Crippen molar-refractivity contribution in [3.05, 3.63) is 46.8 Å². The Kier molecular flexibility index (Phi) is 9.27. The van der Waals surface area contributed by atoms with Gasteiger partial charge in [-0.3, -0.25) is 14.5 Å². The normalized spacial score (nSPS) is 10.9. The monoisotopic (exact) mass is 484 g/mol. The summed E-state index contributed by atoms with van der Waals surface area (Å²) in [5.74, 6) is 0.705. The van der Waals surface area contributed by atoms with E-state index in [-0.39, 0.29) is 29.9 Å². The molecule has 0 aliphatic carbocycles. The summed E-state index contributed by atoms with van der Waals surface area (Å²) >= 11 is 0. The lowest BCUT2D eigenvalue weighted by molar-refractivity contribution is -0.114. The third-order valence-electron chi connectivity index (χ3n) is 4.30. The van der Waals surface area contributed by atoms with Gasteiger partial charge in [0.2, 0.25) is 5.91 Å². The summed E-state index contributed by atoms with van der Waals surface area (Å²) < 4.78 is 1.90. The molecule has 0 radical (unpaired) electrons. The van der Waals surface area contributed by atoms with E-state index in [9.17, 15) is 4.79 Å². The molecule has 0 spiro atoms.